The Labute approximate surface area is 67.5 Å². The van der Waals surface area contributed by atoms with Gasteiger partial charge >= 0.3 is 11.5 Å². The summed E-state index contributed by atoms with van der Waals surface area (Å²) in [6.07, 6.45) is 1.71. The summed E-state index contributed by atoms with van der Waals surface area (Å²) in [5.74, 6) is -0.668. The molecule has 0 radical (unpaired) electrons. The predicted octanol–water partition coefficient (Wildman–Crippen LogP) is 1.71. The SMILES string of the molecule is N#[N+]/C(=C\O)C(=O)c1ccco1. The number of carbonyl (C=O) groups excluding carboxylic acids is 1. The first kappa shape index (κ1) is 8.01. The molecule has 12 heavy (non-hydrogen) atoms. The minimum atomic E-state index is -0.676. The highest BCUT2D eigenvalue weighted by Crippen LogP contribution is 2.08. The van der Waals surface area contributed by atoms with E-state index in [1.165, 1.54) is 18.4 Å². The standard InChI is InChI=1S/C7H4N2O3/c8-9-5(4-10)7(11)6-2-1-3-12-6/h1-4H/p+1. The Morgan fingerprint density at radius 1 is 1.75 bits per heavy atom. The van der Waals surface area contributed by atoms with Crippen molar-refractivity contribution in [2.75, 3.05) is 0 Å². The third-order valence-corrected chi connectivity index (χ3v) is 1.21. The van der Waals surface area contributed by atoms with E-state index in [1.807, 2.05) is 0 Å². The van der Waals surface area contributed by atoms with Crippen LogP contribution in [0.25, 0.3) is 4.98 Å². The number of hydrogen-bond acceptors (Lipinski definition) is 4. The fraction of sp³-hybridized carbons (Fsp3) is 0. The molecule has 0 aliphatic heterocycles. The summed E-state index contributed by atoms with van der Waals surface area (Å²) in [5.41, 5.74) is -0.468. The first-order valence-electron chi connectivity index (χ1n) is 3.07. The Bertz CT molecular complexity index is 345. The number of carbonyl (C=O) groups is 1. The van der Waals surface area contributed by atoms with Crippen LogP contribution >= 0.6 is 0 Å². The Hall–Kier alpha value is -2.09. The van der Waals surface area contributed by atoms with Gasteiger partial charge in [-0.1, -0.05) is 0 Å². The molecular weight excluding hydrogens is 160 g/mol. The summed E-state index contributed by atoms with van der Waals surface area (Å²) < 4.78 is 4.71. The van der Waals surface area contributed by atoms with Crippen LogP contribution in [0.4, 0.5) is 0 Å². The van der Waals surface area contributed by atoms with Crippen molar-refractivity contribution in [3.8, 4) is 0 Å². The number of aliphatic hydroxyl groups is 1. The van der Waals surface area contributed by atoms with Gasteiger partial charge in [0.1, 0.15) is 0 Å². The monoisotopic (exact) mass is 165 g/mol. The molecule has 0 aliphatic rings. The van der Waals surface area contributed by atoms with Crippen LogP contribution in [0, 0.1) is 5.39 Å². The smallest absolute Gasteiger partial charge is 0.469 e. The van der Waals surface area contributed by atoms with Crippen molar-refractivity contribution in [1.82, 2.24) is 0 Å². The average Bonchev–Trinajstić information content (AvgIpc) is 2.58. The van der Waals surface area contributed by atoms with Gasteiger partial charge in [-0.15, -0.1) is 0 Å². The second-order valence-corrected chi connectivity index (χ2v) is 1.92. The number of furan rings is 1. The molecule has 5 nitrogen and oxygen atoms in total. The highest BCUT2D eigenvalue weighted by atomic mass is 16.3. The number of Topliss-reactive ketones (excluding diaryl/α,β-unsaturated/α-hetero) is 1. The van der Waals surface area contributed by atoms with E-state index in [0.29, 0.717) is 6.26 Å². The molecule has 0 fully saturated rings. The number of nitrogens with zero attached hydrogens (tertiary/aromatic N) is 2. The van der Waals surface area contributed by atoms with Crippen LogP contribution < -0.4 is 0 Å². The van der Waals surface area contributed by atoms with Gasteiger partial charge in [0.05, 0.1) is 6.26 Å². The maximum absolute atomic E-state index is 11.1. The molecule has 1 heterocycles. The Balaban J connectivity index is 2.95. The zero-order valence-corrected chi connectivity index (χ0v) is 5.97. The molecule has 1 N–H and O–H groups in total. The van der Waals surface area contributed by atoms with Crippen molar-refractivity contribution in [2.45, 2.75) is 0 Å². The molecule has 60 valence electrons. The fourth-order valence-electron chi connectivity index (χ4n) is 0.664. The molecular formula is C7H5N2O3+. The lowest BCUT2D eigenvalue weighted by molar-refractivity contribution is 0.100. The summed E-state index contributed by atoms with van der Waals surface area (Å²) in [4.78, 5) is 13.7. The molecule has 0 amide bonds. The fourth-order valence-corrected chi connectivity index (χ4v) is 0.664. The number of rotatable bonds is 2. The Kier molecular flexibility index (Phi) is 2.23. The van der Waals surface area contributed by atoms with Crippen molar-refractivity contribution in [2.24, 2.45) is 0 Å². The van der Waals surface area contributed by atoms with E-state index in [2.05, 4.69) is 4.98 Å². The third kappa shape index (κ3) is 1.32. The van der Waals surface area contributed by atoms with E-state index < -0.39 is 11.5 Å². The van der Waals surface area contributed by atoms with Gasteiger partial charge in [0, 0.05) is 0 Å². The van der Waals surface area contributed by atoms with Crippen molar-refractivity contribution >= 4 is 5.78 Å². The van der Waals surface area contributed by atoms with E-state index >= 15 is 0 Å². The normalized spacial score (nSPS) is 10.8. The van der Waals surface area contributed by atoms with Crippen LogP contribution in [-0.2, 0) is 0 Å². The number of diazo groups is 1. The number of allylic oxidation sites excluding steroid dienone is 1. The summed E-state index contributed by atoms with van der Waals surface area (Å²) in [5, 5.41) is 16.6. The quantitative estimate of drug-likeness (QED) is 0.313. The van der Waals surface area contributed by atoms with E-state index in [-0.39, 0.29) is 5.76 Å². The molecule has 0 bridgehead atoms. The maximum Gasteiger partial charge on any atom is 0.469 e. The van der Waals surface area contributed by atoms with Gasteiger partial charge in [0.15, 0.2) is 17.0 Å². The molecule has 0 atom stereocenters. The zero-order chi connectivity index (χ0) is 8.97. The van der Waals surface area contributed by atoms with Gasteiger partial charge in [-0.2, -0.15) is 0 Å². The van der Waals surface area contributed by atoms with Gasteiger partial charge in [0.25, 0.3) is 0 Å². The molecule has 0 aromatic carbocycles. The molecule has 1 aromatic rings. The van der Waals surface area contributed by atoms with E-state index in [1.54, 1.807) is 0 Å². The Morgan fingerprint density at radius 2 is 2.50 bits per heavy atom. The lowest BCUT2D eigenvalue weighted by Crippen LogP contribution is -1.98. The van der Waals surface area contributed by atoms with Crippen molar-refractivity contribution in [1.29, 1.82) is 5.39 Å². The van der Waals surface area contributed by atoms with E-state index in [4.69, 9.17) is 14.9 Å². The summed E-state index contributed by atoms with van der Waals surface area (Å²) in [6.45, 7) is 0. The maximum atomic E-state index is 11.1. The lowest BCUT2D eigenvalue weighted by Gasteiger charge is -1.81. The summed E-state index contributed by atoms with van der Waals surface area (Å²) in [6, 6.07) is 2.91. The van der Waals surface area contributed by atoms with Crippen LogP contribution in [0.15, 0.2) is 34.8 Å². The molecule has 5 heteroatoms. The first-order chi connectivity index (χ1) is 5.79. The summed E-state index contributed by atoms with van der Waals surface area (Å²) in [7, 11) is 0. The molecule has 0 aliphatic carbocycles. The Morgan fingerprint density at radius 3 is 2.92 bits per heavy atom. The minimum absolute atomic E-state index is 0.00750. The van der Waals surface area contributed by atoms with Crippen LogP contribution in [0.5, 0.6) is 0 Å². The van der Waals surface area contributed by atoms with Crippen LogP contribution in [0.2, 0.25) is 0 Å². The first-order valence-corrected chi connectivity index (χ1v) is 3.07. The van der Waals surface area contributed by atoms with Gasteiger partial charge in [0.2, 0.25) is 5.39 Å². The van der Waals surface area contributed by atoms with Crippen LogP contribution in [0.3, 0.4) is 0 Å². The van der Waals surface area contributed by atoms with Crippen LogP contribution in [-0.4, -0.2) is 10.9 Å². The lowest BCUT2D eigenvalue weighted by atomic mass is 10.2. The highest BCUT2D eigenvalue weighted by Gasteiger charge is 2.26. The molecule has 1 aromatic heterocycles. The molecule has 0 saturated carbocycles. The molecule has 0 unspecified atom stereocenters. The summed E-state index contributed by atoms with van der Waals surface area (Å²) >= 11 is 0. The van der Waals surface area contributed by atoms with Crippen molar-refractivity contribution < 1.29 is 14.3 Å². The number of hydrogen-bond donors (Lipinski definition) is 1. The second-order valence-electron chi connectivity index (χ2n) is 1.92. The molecule has 0 spiro atoms. The van der Waals surface area contributed by atoms with Crippen molar-refractivity contribution in [3.63, 3.8) is 0 Å². The van der Waals surface area contributed by atoms with Gasteiger partial charge < -0.3 is 9.52 Å². The topological polar surface area (TPSA) is 78.6 Å². The third-order valence-electron chi connectivity index (χ3n) is 1.21. The van der Waals surface area contributed by atoms with Gasteiger partial charge in [-0.25, -0.2) is 0 Å². The predicted molar refractivity (Wildman–Crippen MR) is 38.8 cm³/mol. The minimum Gasteiger partial charge on any atom is -0.508 e. The van der Waals surface area contributed by atoms with Gasteiger partial charge in [-0.05, 0) is 12.1 Å². The number of aliphatic hydroxyl groups excluding tert-OH is 1. The second kappa shape index (κ2) is 3.34. The molecule has 0 saturated heterocycles. The highest BCUT2D eigenvalue weighted by molar-refractivity contribution is 6.07. The number of ketones is 1. The average molecular weight is 165 g/mol. The zero-order valence-electron chi connectivity index (χ0n) is 5.97. The van der Waals surface area contributed by atoms with E-state index in [0.717, 1.165) is 0 Å². The van der Waals surface area contributed by atoms with E-state index in [9.17, 15) is 4.79 Å². The molecule has 1 rings (SSSR count). The van der Waals surface area contributed by atoms with Crippen LogP contribution in [0.1, 0.15) is 10.6 Å². The largest absolute Gasteiger partial charge is 0.508 e. The van der Waals surface area contributed by atoms with Gasteiger partial charge in [-0.3, -0.25) is 4.79 Å². The van der Waals surface area contributed by atoms with Crippen molar-refractivity contribution in [3.05, 3.63) is 41.1 Å².